The van der Waals surface area contributed by atoms with Crippen LogP contribution in [0.4, 0.5) is 4.39 Å². The zero-order chi connectivity index (χ0) is 21.5. The number of allylic oxidation sites excluding steroid dienone is 4. The van der Waals surface area contributed by atoms with Crippen LogP contribution in [-0.2, 0) is 6.54 Å². The molecule has 1 N–H and O–H groups in total. The molecule has 3 aromatic heterocycles. The minimum atomic E-state index is -0.985. The van der Waals surface area contributed by atoms with Crippen LogP contribution in [0.2, 0.25) is 0 Å². The Morgan fingerprint density at radius 3 is 2.81 bits per heavy atom. The maximum absolute atomic E-state index is 13.7. The summed E-state index contributed by atoms with van der Waals surface area (Å²) < 4.78 is 15.3. The second-order valence-electron chi connectivity index (χ2n) is 8.43. The lowest BCUT2D eigenvalue weighted by molar-refractivity contribution is 0.310. The quantitative estimate of drug-likeness (QED) is 0.696. The van der Waals surface area contributed by atoms with Crippen molar-refractivity contribution in [3.8, 4) is 0 Å². The van der Waals surface area contributed by atoms with Gasteiger partial charge in [-0.3, -0.25) is 9.69 Å². The van der Waals surface area contributed by atoms with Crippen molar-refractivity contribution >= 4 is 11.1 Å². The summed E-state index contributed by atoms with van der Waals surface area (Å²) in [4.78, 5) is 31.1. The number of imidazole rings is 1. The molecule has 1 fully saturated rings. The number of halogens is 1. The summed E-state index contributed by atoms with van der Waals surface area (Å²) in [6, 6.07) is 1.80. The summed E-state index contributed by atoms with van der Waals surface area (Å²) in [5.74, 6) is 2.37. The summed E-state index contributed by atoms with van der Waals surface area (Å²) in [6.45, 7) is 6.33. The summed E-state index contributed by atoms with van der Waals surface area (Å²) in [5.41, 5.74) is 1.88. The Bertz CT molecular complexity index is 1230. The molecule has 1 aliphatic heterocycles. The van der Waals surface area contributed by atoms with Gasteiger partial charge in [-0.2, -0.15) is 5.10 Å². The molecule has 0 aromatic carbocycles. The van der Waals surface area contributed by atoms with Crippen LogP contribution in [0, 0.1) is 5.92 Å². The van der Waals surface area contributed by atoms with Crippen LogP contribution in [0.1, 0.15) is 43.7 Å². The van der Waals surface area contributed by atoms with E-state index in [9.17, 15) is 9.18 Å². The highest BCUT2D eigenvalue weighted by molar-refractivity contribution is 5.75. The van der Waals surface area contributed by atoms with Crippen molar-refractivity contribution < 1.29 is 4.39 Å². The molecule has 3 atom stereocenters. The molecule has 3 aromatic rings. The van der Waals surface area contributed by atoms with Crippen molar-refractivity contribution in [3.63, 3.8) is 0 Å². The van der Waals surface area contributed by atoms with Gasteiger partial charge >= 0.3 is 0 Å². The fraction of sp³-hybridized carbons (Fsp3) is 0.409. The number of aromatic nitrogens is 6. The van der Waals surface area contributed by atoms with Crippen LogP contribution in [0.5, 0.6) is 0 Å². The number of aromatic amines is 1. The van der Waals surface area contributed by atoms with Gasteiger partial charge in [0.25, 0.3) is 5.56 Å². The first-order valence-electron chi connectivity index (χ1n) is 10.5. The number of fused-ring (bicyclic) bond motifs is 1. The molecule has 4 heterocycles. The van der Waals surface area contributed by atoms with E-state index >= 15 is 0 Å². The monoisotopic (exact) mass is 421 g/mol. The molecular formula is C22H24FN7O. The van der Waals surface area contributed by atoms with E-state index in [1.807, 2.05) is 6.92 Å². The van der Waals surface area contributed by atoms with Gasteiger partial charge in [-0.05, 0) is 25.0 Å². The molecule has 160 valence electrons. The number of hydrogen-bond acceptors (Lipinski definition) is 6. The van der Waals surface area contributed by atoms with E-state index in [0.29, 0.717) is 36.0 Å². The number of H-pyrrole nitrogens is 1. The minimum Gasteiger partial charge on any atom is -0.307 e. The predicted octanol–water partition coefficient (Wildman–Crippen LogP) is 2.51. The lowest BCUT2D eigenvalue weighted by Crippen LogP contribution is -2.23. The van der Waals surface area contributed by atoms with Crippen LogP contribution in [0.15, 0.2) is 47.2 Å². The molecule has 0 radical (unpaired) electrons. The van der Waals surface area contributed by atoms with Crippen molar-refractivity contribution in [3.05, 3.63) is 70.2 Å². The molecule has 0 saturated carbocycles. The maximum Gasteiger partial charge on any atom is 0.276 e. The number of rotatable bonds is 4. The second-order valence-corrected chi connectivity index (χ2v) is 8.43. The van der Waals surface area contributed by atoms with Gasteiger partial charge in [0.05, 0.1) is 12.7 Å². The second kappa shape index (κ2) is 7.81. The summed E-state index contributed by atoms with van der Waals surface area (Å²) in [5, 5.41) is 4.78. The third-order valence-electron chi connectivity index (χ3n) is 6.12. The highest BCUT2D eigenvalue weighted by Gasteiger charge is 2.33. The molecule has 5 rings (SSSR count). The van der Waals surface area contributed by atoms with E-state index in [2.05, 4.69) is 31.8 Å². The standard InChI is InChI=1S/C22H24FN7O/c1-13-8-15(23)4-5-16(13)21-26-9-18-22(31)27-20(28-30(18)21)17-11-29(10-14(17)2)12-19-24-6-3-7-25-19/h3-7,9,14-15,17H,8,10-12H2,1-2H3,(H,27,28,31). The fourth-order valence-corrected chi connectivity index (χ4v) is 4.51. The molecule has 8 nitrogen and oxygen atoms in total. The third kappa shape index (κ3) is 3.69. The topological polar surface area (TPSA) is 92.1 Å². The molecule has 0 bridgehead atoms. The number of hydrogen-bond donors (Lipinski definition) is 1. The van der Waals surface area contributed by atoms with Crippen LogP contribution < -0.4 is 5.56 Å². The molecule has 2 aliphatic rings. The molecule has 3 unspecified atom stereocenters. The normalized spacial score (nSPS) is 24.4. The van der Waals surface area contributed by atoms with Crippen LogP contribution in [0.25, 0.3) is 11.1 Å². The van der Waals surface area contributed by atoms with Gasteiger partial charge in [0.1, 0.15) is 17.8 Å². The zero-order valence-electron chi connectivity index (χ0n) is 17.5. The van der Waals surface area contributed by atoms with Gasteiger partial charge < -0.3 is 4.98 Å². The van der Waals surface area contributed by atoms with Gasteiger partial charge in [-0.1, -0.05) is 18.6 Å². The van der Waals surface area contributed by atoms with Crippen LogP contribution in [0.3, 0.4) is 0 Å². The first-order chi connectivity index (χ1) is 15.0. The Hall–Kier alpha value is -3.20. The fourth-order valence-electron chi connectivity index (χ4n) is 4.51. The van der Waals surface area contributed by atoms with E-state index < -0.39 is 6.17 Å². The van der Waals surface area contributed by atoms with Crippen LogP contribution in [-0.4, -0.2) is 53.7 Å². The van der Waals surface area contributed by atoms with E-state index in [1.165, 1.54) is 12.3 Å². The first-order valence-corrected chi connectivity index (χ1v) is 10.5. The largest absolute Gasteiger partial charge is 0.307 e. The maximum atomic E-state index is 13.7. The van der Waals surface area contributed by atoms with Crippen molar-refractivity contribution in [1.29, 1.82) is 0 Å². The third-order valence-corrected chi connectivity index (χ3v) is 6.12. The van der Waals surface area contributed by atoms with E-state index in [0.717, 1.165) is 30.1 Å². The average Bonchev–Trinajstić information content (AvgIpc) is 3.32. The van der Waals surface area contributed by atoms with E-state index in [4.69, 9.17) is 5.10 Å². The van der Waals surface area contributed by atoms with Crippen LogP contribution >= 0.6 is 0 Å². The van der Waals surface area contributed by atoms with Gasteiger partial charge in [0.15, 0.2) is 11.3 Å². The van der Waals surface area contributed by atoms with Crippen molar-refractivity contribution in [2.24, 2.45) is 5.92 Å². The van der Waals surface area contributed by atoms with E-state index in [1.54, 1.807) is 29.1 Å². The first kappa shape index (κ1) is 19.7. The lowest BCUT2D eigenvalue weighted by Gasteiger charge is -2.16. The van der Waals surface area contributed by atoms with Crippen molar-refractivity contribution in [1.82, 2.24) is 34.4 Å². The Kier molecular flexibility index (Phi) is 4.97. The summed E-state index contributed by atoms with van der Waals surface area (Å²) in [7, 11) is 0. The molecule has 1 aliphatic carbocycles. The Morgan fingerprint density at radius 2 is 2.03 bits per heavy atom. The molecule has 9 heteroatoms. The van der Waals surface area contributed by atoms with Gasteiger partial charge in [0.2, 0.25) is 0 Å². The lowest BCUT2D eigenvalue weighted by atomic mass is 9.97. The number of nitrogens with one attached hydrogen (secondary N) is 1. The molecule has 31 heavy (non-hydrogen) atoms. The molecule has 0 amide bonds. The summed E-state index contributed by atoms with van der Waals surface area (Å²) >= 11 is 0. The minimum absolute atomic E-state index is 0.0725. The SMILES string of the molecule is CC1=C(c2ncc3c(=O)[nH]c(C4CN(Cc5ncccn5)CC4C)nn23)C=CC(F)C1. The number of alkyl halides is 1. The van der Waals surface area contributed by atoms with Crippen molar-refractivity contribution in [2.45, 2.75) is 38.9 Å². The zero-order valence-corrected chi connectivity index (χ0v) is 17.5. The molecular weight excluding hydrogens is 397 g/mol. The predicted molar refractivity (Wildman–Crippen MR) is 114 cm³/mol. The van der Waals surface area contributed by atoms with Gasteiger partial charge in [-0.15, -0.1) is 0 Å². The Balaban J connectivity index is 1.48. The van der Waals surface area contributed by atoms with Crippen molar-refractivity contribution in [2.75, 3.05) is 13.1 Å². The molecule has 0 spiro atoms. The van der Waals surface area contributed by atoms with E-state index in [-0.39, 0.29) is 11.5 Å². The highest BCUT2D eigenvalue weighted by Crippen LogP contribution is 2.31. The number of nitrogens with zero attached hydrogens (tertiary/aromatic N) is 6. The van der Waals surface area contributed by atoms with Gasteiger partial charge in [-0.25, -0.2) is 23.9 Å². The summed E-state index contributed by atoms with van der Waals surface area (Å²) in [6.07, 6.45) is 7.62. The number of likely N-dealkylation sites (tertiary alicyclic amines) is 1. The average molecular weight is 421 g/mol. The Labute approximate surface area is 178 Å². The molecule has 1 saturated heterocycles. The van der Waals surface area contributed by atoms with Gasteiger partial charge in [0, 0.05) is 43.4 Å². The highest BCUT2D eigenvalue weighted by atomic mass is 19.1. The Morgan fingerprint density at radius 1 is 1.23 bits per heavy atom. The smallest absolute Gasteiger partial charge is 0.276 e.